The number of carbonyl (C=O) groups excluding carboxylic acids is 1. The van der Waals surface area contributed by atoms with Gasteiger partial charge in [-0.3, -0.25) is 4.79 Å². The number of benzene rings is 2. The molecule has 0 unspecified atom stereocenters. The number of nitrogens with one attached hydrogen (secondary N) is 1. The molecule has 4 heteroatoms. The lowest BCUT2D eigenvalue weighted by Gasteiger charge is -2.24. The van der Waals surface area contributed by atoms with Gasteiger partial charge in [-0.2, -0.15) is 0 Å². The van der Waals surface area contributed by atoms with Crippen LogP contribution < -0.4 is 10.2 Å². The third-order valence-corrected chi connectivity index (χ3v) is 4.42. The van der Waals surface area contributed by atoms with Crippen molar-refractivity contribution >= 4 is 23.0 Å². The Morgan fingerprint density at radius 3 is 2.29 bits per heavy atom. The minimum Gasteiger partial charge on any atom is -0.381 e. The molecule has 1 aliphatic heterocycles. The molecule has 126 valence electrons. The molecule has 1 saturated heterocycles. The molecule has 1 heterocycles. The van der Waals surface area contributed by atoms with Gasteiger partial charge in [0, 0.05) is 42.7 Å². The first-order chi connectivity index (χ1) is 11.8. The van der Waals surface area contributed by atoms with E-state index in [-0.39, 0.29) is 11.8 Å². The highest BCUT2D eigenvalue weighted by atomic mass is 16.5. The van der Waals surface area contributed by atoms with Gasteiger partial charge in [0.2, 0.25) is 5.91 Å². The van der Waals surface area contributed by atoms with Crippen molar-refractivity contribution in [2.45, 2.75) is 19.8 Å². The quantitative estimate of drug-likeness (QED) is 0.896. The van der Waals surface area contributed by atoms with Gasteiger partial charge in [0.15, 0.2) is 0 Å². The number of hydrogen-bond donors (Lipinski definition) is 1. The Balaban J connectivity index is 1.67. The number of rotatable bonds is 5. The number of nitrogens with zero attached hydrogens (tertiary/aromatic N) is 1. The molecule has 1 fully saturated rings. The van der Waals surface area contributed by atoms with Crippen molar-refractivity contribution in [1.82, 2.24) is 0 Å². The summed E-state index contributed by atoms with van der Waals surface area (Å²) in [5.41, 5.74) is 3.13. The van der Waals surface area contributed by atoms with E-state index in [2.05, 4.69) is 41.4 Å². The van der Waals surface area contributed by atoms with Gasteiger partial charge in [-0.25, -0.2) is 0 Å². The number of para-hydroxylation sites is 1. The Kier molecular flexibility index (Phi) is 5.49. The number of hydrogen-bond acceptors (Lipinski definition) is 3. The summed E-state index contributed by atoms with van der Waals surface area (Å²) < 4.78 is 5.31. The van der Waals surface area contributed by atoms with E-state index < -0.39 is 0 Å². The Morgan fingerprint density at radius 2 is 1.67 bits per heavy atom. The molecule has 0 aliphatic carbocycles. The molecule has 2 aromatic carbocycles. The summed E-state index contributed by atoms with van der Waals surface area (Å²) in [5.74, 6) is 0.163. The Hall–Kier alpha value is -2.33. The van der Waals surface area contributed by atoms with Crippen LogP contribution in [0.3, 0.4) is 0 Å². The van der Waals surface area contributed by atoms with Crippen LogP contribution in [0.1, 0.15) is 19.8 Å². The van der Waals surface area contributed by atoms with Crippen LogP contribution in [0.5, 0.6) is 0 Å². The molecule has 3 rings (SSSR count). The van der Waals surface area contributed by atoms with Gasteiger partial charge in [0.1, 0.15) is 0 Å². The summed E-state index contributed by atoms with van der Waals surface area (Å²) in [5, 5.41) is 3.02. The molecule has 1 aliphatic rings. The molecule has 24 heavy (non-hydrogen) atoms. The van der Waals surface area contributed by atoms with Crippen LogP contribution in [0.15, 0.2) is 54.6 Å². The van der Waals surface area contributed by atoms with Gasteiger partial charge in [-0.15, -0.1) is 0 Å². The van der Waals surface area contributed by atoms with Crippen molar-refractivity contribution < 1.29 is 9.53 Å². The maximum atomic E-state index is 12.3. The monoisotopic (exact) mass is 324 g/mol. The van der Waals surface area contributed by atoms with Crippen molar-refractivity contribution in [1.29, 1.82) is 0 Å². The fourth-order valence-electron chi connectivity index (χ4n) is 3.05. The first-order valence-corrected chi connectivity index (χ1v) is 8.59. The van der Waals surface area contributed by atoms with E-state index in [9.17, 15) is 4.79 Å². The summed E-state index contributed by atoms with van der Waals surface area (Å²) in [6.07, 6.45) is 1.61. The largest absolute Gasteiger partial charge is 0.381 e. The number of anilines is 3. The zero-order valence-electron chi connectivity index (χ0n) is 14.1. The highest BCUT2D eigenvalue weighted by molar-refractivity contribution is 5.92. The van der Waals surface area contributed by atoms with Crippen LogP contribution >= 0.6 is 0 Å². The molecule has 0 radical (unpaired) electrons. The second-order valence-corrected chi connectivity index (χ2v) is 6.00. The van der Waals surface area contributed by atoms with Crippen LogP contribution in [-0.4, -0.2) is 25.7 Å². The first kappa shape index (κ1) is 16.5. The van der Waals surface area contributed by atoms with Gasteiger partial charge >= 0.3 is 0 Å². The zero-order chi connectivity index (χ0) is 16.8. The molecule has 2 aromatic rings. The van der Waals surface area contributed by atoms with Crippen molar-refractivity contribution in [2.24, 2.45) is 5.92 Å². The highest BCUT2D eigenvalue weighted by Gasteiger charge is 2.21. The van der Waals surface area contributed by atoms with E-state index in [1.54, 1.807) is 0 Å². The van der Waals surface area contributed by atoms with E-state index in [1.165, 1.54) is 5.69 Å². The van der Waals surface area contributed by atoms with Crippen molar-refractivity contribution in [3.05, 3.63) is 54.6 Å². The van der Waals surface area contributed by atoms with E-state index in [0.29, 0.717) is 13.2 Å². The highest BCUT2D eigenvalue weighted by Crippen LogP contribution is 2.26. The third-order valence-electron chi connectivity index (χ3n) is 4.42. The Morgan fingerprint density at radius 1 is 1.04 bits per heavy atom. The Labute approximate surface area is 143 Å². The molecular weight excluding hydrogens is 300 g/mol. The van der Waals surface area contributed by atoms with Crippen molar-refractivity contribution in [3.8, 4) is 0 Å². The summed E-state index contributed by atoms with van der Waals surface area (Å²) in [6.45, 7) is 4.38. The summed E-state index contributed by atoms with van der Waals surface area (Å²) in [6, 6.07) is 18.4. The first-order valence-electron chi connectivity index (χ1n) is 8.59. The van der Waals surface area contributed by atoms with E-state index >= 15 is 0 Å². The molecule has 4 nitrogen and oxygen atoms in total. The average Bonchev–Trinajstić information content (AvgIpc) is 2.65. The predicted octanol–water partition coefficient (Wildman–Crippen LogP) is 4.21. The molecule has 0 aromatic heterocycles. The van der Waals surface area contributed by atoms with Gasteiger partial charge in [-0.1, -0.05) is 18.2 Å². The number of amides is 1. The molecule has 0 saturated carbocycles. The maximum Gasteiger partial charge on any atom is 0.227 e. The zero-order valence-corrected chi connectivity index (χ0v) is 14.1. The van der Waals surface area contributed by atoms with Crippen LogP contribution in [0.2, 0.25) is 0 Å². The van der Waals surface area contributed by atoms with Crippen LogP contribution in [-0.2, 0) is 9.53 Å². The molecule has 1 amide bonds. The van der Waals surface area contributed by atoms with E-state index in [1.807, 2.05) is 30.3 Å². The van der Waals surface area contributed by atoms with Crippen LogP contribution in [0.4, 0.5) is 17.1 Å². The lowest BCUT2D eigenvalue weighted by atomic mass is 9.99. The van der Waals surface area contributed by atoms with Crippen LogP contribution in [0.25, 0.3) is 0 Å². The normalized spacial score (nSPS) is 15.0. The minimum atomic E-state index is 0.0647. The molecule has 0 spiro atoms. The lowest BCUT2D eigenvalue weighted by Crippen LogP contribution is -2.28. The second kappa shape index (κ2) is 7.97. The molecule has 1 N–H and O–H groups in total. The van der Waals surface area contributed by atoms with Gasteiger partial charge in [-0.05, 0) is 56.2 Å². The standard InChI is InChI=1S/C20H24N2O2/c1-2-22(18-6-4-3-5-7-18)19-10-8-17(9-11-19)21-20(23)16-12-14-24-15-13-16/h3-11,16H,2,12-15H2,1H3,(H,21,23). The smallest absolute Gasteiger partial charge is 0.227 e. The number of ether oxygens (including phenoxy) is 1. The summed E-state index contributed by atoms with van der Waals surface area (Å²) >= 11 is 0. The minimum absolute atomic E-state index is 0.0647. The lowest BCUT2D eigenvalue weighted by molar-refractivity contribution is -0.122. The predicted molar refractivity (Wildman–Crippen MR) is 97.7 cm³/mol. The average molecular weight is 324 g/mol. The van der Waals surface area contributed by atoms with Gasteiger partial charge in [0.05, 0.1) is 0 Å². The van der Waals surface area contributed by atoms with Gasteiger partial charge in [0.25, 0.3) is 0 Å². The van der Waals surface area contributed by atoms with Crippen molar-refractivity contribution in [2.75, 3.05) is 30.0 Å². The fourth-order valence-corrected chi connectivity index (χ4v) is 3.05. The van der Waals surface area contributed by atoms with Crippen LogP contribution in [0, 0.1) is 5.92 Å². The summed E-state index contributed by atoms with van der Waals surface area (Å²) in [4.78, 5) is 14.5. The van der Waals surface area contributed by atoms with E-state index in [4.69, 9.17) is 4.74 Å². The van der Waals surface area contributed by atoms with E-state index in [0.717, 1.165) is 30.8 Å². The molecule has 0 bridgehead atoms. The maximum absolute atomic E-state index is 12.3. The third kappa shape index (κ3) is 3.95. The molecule has 0 atom stereocenters. The van der Waals surface area contributed by atoms with Crippen molar-refractivity contribution in [3.63, 3.8) is 0 Å². The topological polar surface area (TPSA) is 41.6 Å². The summed E-state index contributed by atoms with van der Waals surface area (Å²) in [7, 11) is 0. The van der Waals surface area contributed by atoms with Gasteiger partial charge < -0.3 is 15.0 Å². The SMILES string of the molecule is CCN(c1ccccc1)c1ccc(NC(=O)C2CCOCC2)cc1. The number of carbonyl (C=O) groups is 1. The molecular formula is C20H24N2O2. The second-order valence-electron chi connectivity index (χ2n) is 6.00. The Bertz CT molecular complexity index is 649. The fraction of sp³-hybridized carbons (Fsp3) is 0.350.